The normalized spacial score (nSPS) is 29.0. The average molecular weight is 336 g/mol. The minimum Gasteiger partial charge on any atom is -0.387 e. The third kappa shape index (κ3) is 3.72. The molecule has 2 heterocycles. The molecule has 2 rings (SSSR count). The predicted octanol–water partition coefficient (Wildman–Crippen LogP) is -1.01. The van der Waals surface area contributed by atoms with E-state index in [0.29, 0.717) is 0 Å². The number of nitrogens with zero attached hydrogens (tertiary/aromatic N) is 1. The summed E-state index contributed by atoms with van der Waals surface area (Å²) in [5.41, 5.74) is -2.39. The van der Waals surface area contributed by atoms with E-state index >= 15 is 0 Å². The molecule has 1 aliphatic heterocycles. The number of H-pyrrole nitrogens is 1. The molecule has 124 valence electrons. The molecule has 11 heteroatoms. The molecule has 3 atom stereocenters. The number of phosphoric ester groups is 1. The van der Waals surface area contributed by atoms with E-state index in [1.165, 1.54) is 20.0 Å². The fraction of sp³-hybridized carbons (Fsp3) is 0.636. The molecule has 0 bridgehead atoms. The third-order valence-electron chi connectivity index (χ3n) is 3.45. The molecule has 10 nitrogen and oxygen atoms in total. The monoisotopic (exact) mass is 336 g/mol. The second kappa shape index (κ2) is 5.73. The molecule has 22 heavy (non-hydrogen) atoms. The Bertz CT molecular complexity index is 718. The summed E-state index contributed by atoms with van der Waals surface area (Å²) in [6.45, 7) is 2.38. The van der Waals surface area contributed by atoms with Crippen molar-refractivity contribution in [1.29, 1.82) is 0 Å². The largest absolute Gasteiger partial charge is 0.469 e. The van der Waals surface area contributed by atoms with Gasteiger partial charge in [0, 0.05) is 18.2 Å². The second-order valence-electron chi connectivity index (χ2n) is 5.41. The van der Waals surface area contributed by atoms with Crippen molar-refractivity contribution in [2.24, 2.45) is 0 Å². The molecule has 0 saturated carbocycles. The molecule has 1 aliphatic rings. The predicted molar refractivity (Wildman–Crippen MR) is 73.2 cm³/mol. The van der Waals surface area contributed by atoms with Gasteiger partial charge >= 0.3 is 13.5 Å². The van der Waals surface area contributed by atoms with Crippen LogP contribution < -0.4 is 11.2 Å². The Kier molecular flexibility index (Phi) is 4.44. The van der Waals surface area contributed by atoms with Crippen LogP contribution in [0.1, 0.15) is 25.1 Å². The smallest absolute Gasteiger partial charge is 0.387 e. The highest BCUT2D eigenvalue weighted by molar-refractivity contribution is 7.46. The summed E-state index contributed by atoms with van der Waals surface area (Å²) in [6.07, 6.45) is -0.630. The Hall–Kier alpha value is -1.29. The summed E-state index contributed by atoms with van der Waals surface area (Å²) >= 11 is 0. The highest BCUT2D eigenvalue weighted by Crippen LogP contribution is 2.41. The number of nitrogens with one attached hydrogen (secondary N) is 1. The number of aryl methyl sites for hydroxylation is 1. The molecule has 0 spiro atoms. The first kappa shape index (κ1) is 17.1. The van der Waals surface area contributed by atoms with Crippen LogP contribution in [0.4, 0.5) is 0 Å². The van der Waals surface area contributed by atoms with Crippen molar-refractivity contribution in [3.05, 3.63) is 32.6 Å². The summed E-state index contributed by atoms with van der Waals surface area (Å²) in [7, 11) is -4.70. The highest BCUT2D eigenvalue weighted by Gasteiger charge is 2.45. The van der Waals surface area contributed by atoms with Crippen molar-refractivity contribution in [3.8, 4) is 0 Å². The lowest BCUT2D eigenvalue weighted by molar-refractivity contribution is -0.0740. The van der Waals surface area contributed by atoms with Gasteiger partial charge in [-0.2, -0.15) is 0 Å². The Morgan fingerprint density at radius 2 is 2.18 bits per heavy atom. The fourth-order valence-electron chi connectivity index (χ4n) is 2.22. The molecule has 0 unspecified atom stereocenters. The van der Waals surface area contributed by atoms with E-state index in [0.717, 1.165) is 4.57 Å². The molecule has 1 aromatic rings. The summed E-state index contributed by atoms with van der Waals surface area (Å²) in [4.78, 5) is 42.7. The van der Waals surface area contributed by atoms with E-state index in [4.69, 9.17) is 14.5 Å². The van der Waals surface area contributed by atoms with Crippen molar-refractivity contribution >= 4 is 7.82 Å². The minimum atomic E-state index is -4.70. The molecule has 0 amide bonds. The number of hydrogen-bond acceptors (Lipinski definition) is 6. The lowest BCUT2D eigenvalue weighted by Crippen LogP contribution is -2.37. The Morgan fingerprint density at radius 3 is 2.77 bits per heavy atom. The van der Waals surface area contributed by atoms with E-state index < -0.39 is 43.6 Å². The zero-order chi connectivity index (χ0) is 16.7. The van der Waals surface area contributed by atoms with Gasteiger partial charge in [-0.3, -0.25) is 18.9 Å². The van der Waals surface area contributed by atoms with Crippen molar-refractivity contribution in [3.63, 3.8) is 0 Å². The third-order valence-corrected chi connectivity index (χ3v) is 3.94. The van der Waals surface area contributed by atoms with Gasteiger partial charge in [-0.25, -0.2) is 9.36 Å². The zero-order valence-electron chi connectivity index (χ0n) is 11.9. The number of aliphatic hydroxyl groups is 1. The Morgan fingerprint density at radius 1 is 1.55 bits per heavy atom. The van der Waals surface area contributed by atoms with Crippen LogP contribution >= 0.6 is 7.82 Å². The van der Waals surface area contributed by atoms with E-state index in [2.05, 4.69) is 9.51 Å². The molecular formula is C11H17N2O8P. The first-order chi connectivity index (χ1) is 9.99. The molecule has 0 aromatic carbocycles. The number of rotatable bonds is 4. The summed E-state index contributed by atoms with van der Waals surface area (Å²) in [6, 6.07) is 0. The Labute approximate surface area is 124 Å². The van der Waals surface area contributed by atoms with Crippen LogP contribution in [-0.2, 0) is 13.8 Å². The lowest BCUT2D eigenvalue weighted by Gasteiger charge is -2.23. The van der Waals surface area contributed by atoms with Gasteiger partial charge in [0.15, 0.2) is 0 Å². The van der Waals surface area contributed by atoms with Crippen LogP contribution in [0.5, 0.6) is 0 Å². The van der Waals surface area contributed by atoms with Crippen molar-refractivity contribution < 1.29 is 28.7 Å². The maximum atomic E-state index is 11.8. The van der Waals surface area contributed by atoms with Crippen LogP contribution in [0.2, 0.25) is 0 Å². The highest BCUT2D eigenvalue weighted by atomic mass is 31.2. The lowest BCUT2D eigenvalue weighted by atomic mass is 9.98. The number of aromatic amines is 1. The quantitative estimate of drug-likeness (QED) is 0.511. The van der Waals surface area contributed by atoms with Crippen LogP contribution in [-0.4, -0.2) is 42.8 Å². The minimum absolute atomic E-state index is 0.00637. The van der Waals surface area contributed by atoms with Gasteiger partial charge in [-0.15, -0.1) is 0 Å². The van der Waals surface area contributed by atoms with Gasteiger partial charge in [0.1, 0.15) is 12.3 Å². The molecule has 1 fully saturated rings. The van der Waals surface area contributed by atoms with E-state index in [1.54, 1.807) is 0 Å². The fourth-order valence-corrected chi connectivity index (χ4v) is 2.55. The molecule has 4 N–H and O–H groups in total. The SMILES string of the molecule is Cc1cn([C@H]2C[C@@](C)(O)[C@@H](COP(=O)(O)O)O2)c(=O)[nH]c1=O. The molecule has 1 saturated heterocycles. The first-order valence-corrected chi connectivity index (χ1v) is 7.92. The average Bonchev–Trinajstić information content (AvgIpc) is 2.65. The van der Waals surface area contributed by atoms with Gasteiger partial charge in [0.25, 0.3) is 5.56 Å². The number of hydrogen-bond donors (Lipinski definition) is 4. The maximum Gasteiger partial charge on any atom is 0.469 e. The number of phosphoric acid groups is 1. The van der Waals surface area contributed by atoms with Crippen LogP contribution in [0.15, 0.2) is 15.8 Å². The molecule has 0 aliphatic carbocycles. The second-order valence-corrected chi connectivity index (χ2v) is 6.65. The summed E-state index contributed by atoms with van der Waals surface area (Å²) in [5, 5.41) is 10.3. The van der Waals surface area contributed by atoms with E-state index in [1.807, 2.05) is 0 Å². The van der Waals surface area contributed by atoms with Crippen molar-refractivity contribution in [1.82, 2.24) is 9.55 Å². The first-order valence-electron chi connectivity index (χ1n) is 6.39. The van der Waals surface area contributed by atoms with Gasteiger partial charge in [0.05, 0.1) is 12.2 Å². The van der Waals surface area contributed by atoms with Gasteiger partial charge < -0.3 is 19.6 Å². The molecule has 0 radical (unpaired) electrons. The van der Waals surface area contributed by atoms with Gasteiger partial charge in [0.2, 0.25) is 0 Å². The standard InChI is InChI=1S/C11H17N2O8P/c1-6-4-13(10(15)12-9(6)14)8-3-11(2,16)7(21-8)5-20-22(17,18)19/h4,7-8,16H,3,5H2,1-2H3,(H,12,14,15)(H2,17,18,19)/t7-,8-,11-/m1/s1. The topological polar surface area (TPSA) is 151 Å². The number of ether oxygens (including phenoxy) is 1. The number of aromatic nitrogens is 2. The van der Waals surface area contributed by atoms with Crippen molar-refractivity contribution in [2.45, 2.75) is 38.2 Å². The van der Waals surface area contributed by atoms with E-state index in [9.17, 15) is 19.3 Å². The van der Waals surface area contributed by atoms with Crippen molar-refractivity contribution in [2.75, 3.05) is 6.61 Å². The van der Waals surface area contributed by atoms with Gasteiger partial charge in [-0.05, 0) is 13.8 Å². The molecular weight excluding hydrogens is 319 g/mol. The summed E-state index contributed by atoms with van der Waals surface area (Å²) < 4.78 is 21.6. The van der Waals surface area contributed by atoms with Crippen LogP contribution in [0.3, 0.4) is 0 Å². The van der Waals surface area contributed by atoms with Crippen LogP contribution in [0.25, 0.3) is 0 Å². The Balaban J connectivity index is 2.23. The van der Waals surface area contributed by atoms with Gasteiger partial charge in [-0.1, -0.05) is 0 Å². The van der Waals surface area contributed by atoms with E-state index in [-0.39, 0.29) is 12.0 Å². The molecule has 1 aromatic heterocycles. The summed E-state index contributed by atoms with van der Waals surface area (Å²) in [5.74, 6) is 0. The van der Waals surface area contributed by atoms with Crippen LogP contribution in [0, 0.1) is 6.92 Å². The maximum absolute atomic E-state index is 11.8. The zero-order valence-corrected chi connectivity index (χ0v) is 12.8.